The molecule has 0 saturated carbocycles. The number of imide groups is 1. The monoisotopic (exact) mass is 557 g/mol. The molecule has 9 heteroatoms. The number of hydrogen-bond acceptors (Lipinski definition) is 6. The van der Waals surface area contributed by atoms with Crippen LogP contribution in [-0.2, 0) is 4.79 Å². The van der Waals surface area contributed by atoms with Gasteiger partial charge in [-0.2, -0.15) is 0 Å². The van der Waals surface area contributed by atoms with Gasteiger partial charge in [-0.15, -0.1) is 0 Å². The van der Waals surface area contributed by atoms with Crippen molar-refractivity contribution in [2.24, 2.45) is 0 Å². The van der Waals surface area contributed by atoms with E-state index in [2.05, 4.69) is 15.9 Å². The number of halogens is 2. The van der Waals surface area contributed by atoms with Gasteiger partial charge in [0.15, 0.2) is 0 Å². The normalized spacial score (nSPS) is 14.5. The van der Waals surface area contributed by atoms with Crippen molar-refractivity contribution >= 4 is 62.5 Å². The lowest BCUT2D eigenvalue weighted by atomic mass is 10.1. The summed E-state index contributed by atoms with van der Waals surface area (Å²) >= 11 is 10.1. The molecule has 0 aromatic heterocycles. The Morgan fingerprint density at radius 2 is 1.76 bits per heavy atom. The van der Waals surface area contributed by atoms with E-state index in [4.69, 9.17) is 21.1 Å². The third-order valence-corrected chi connectivity index (χ3v) is 6.39. The molecule has 0 atom stereocenters. The maximum atomic E-state index is 12.9. The van der Waals surface area contributed by atoms with E-state index in [0.717, 1.165) is 21.1 Å². The second-order valence-electron chi connectivity index (χ2n) is 7.07. The summed E-state index contributed by atoms with van der Waals surface area (Å²) in [5.74, 6) is -0.0964. The van der Waals surface area contributed by atoms with Crippen LogP contribution in [0.3, 0.4) is 0 Å². The van der Waals surface area contributed by atoms with Crippen molar-refractivity contribution in [2.45, 2.75) is 0 Å². The van der Waals surface area contributed by atoms with Crippen LogP contribution in [0.4, 0.5) is 4.79 Å². The number of nitrogens with zero attached hydrogens (tertiary/aromatic N) is 1. The highest BCUT2D eigenvalue weighted by molar-refractivity contribution is 9.10. The average molecular weight is 559 g/mol. The van der Waals surface area contributed by atoms with Crippen LogP contribution in [0, 0.1) is 0 Å². The molecule has 0 unspecified atom stereocenters. The topological polar surface area (TPSA) is 72.9 Å². The average Bonchev–Trinajstić information content (AvgIpc) is 3.10. The van der Waals surface area contributed by atoms with E-state index in [1.165, 1.54) is 0 Å². The number of ether oxygens (including phenoxy) is 2. The third-order valence-electron chi connectivity index (χ3n) is 4.74. The van der Waals surface area contributed by atoms with Crippen LogP contribution in [-0.4, -0.2) is 35.2 Å². The Morgan fingerprint density at radius 3 is 2.50 bits per heavy atom. The van der Waals surface area contributed by atoms with Crippen molar-refractivity contribution in [3.05, 3.63) is 98.3 Å². The van der Waals surface area contributed by atoms with Gasteiger partial charge in [0.25, 0.3) is 11.1 Å². The molecule has 0 radical (unpaired) electrons. The number of amides is 2. The van der Waals surface area contributed by atoms with Gasteiger partial charge in [-0.1, -0.05) is 45.7 Å². The molecule has 1 heterocycles. The Balaban J connectivity index is 1.47. The van der Waals surface area contributed by atoms with Crippen molar-refractivity contribution in [3.63, 3.8) is 0 Å². The summed E-state index contributed by atoms with van der Waals surface area (Å²) < 4.78 is 11.9. The Labute approximate surface area is 213 Å². The van der Waals surface area contributed by atoms with Gasteiger partial charge in [0.1, 0.15) is 18.1 Å². The SMILES string of the molecule is O=C(Oc1ccc(Br)cc1/C=C1\SC(=O)N(CCOc2ccc(Cl)cc2)C1=O)c1ccccc1. The molecule has 1 aliphatic rings. The van der Waals surface area contributed by atoms with Crippen LogP contribution < -0.4 is 9.47 Å². The van der Waals surface area contributed by atoms with Gasteiger partial charge in [-0.25, -0.2) is 4.79 Å². The van der Waals surface area contributed by atoms with Crippen LogP contribution >= 0.6 is 39.3 Å². The Hall–Kier alpha value is -3.07. The standard InChI is InChI=1S/C25H17BrClNO5S/c26-18-6-11-21(33-24(30)16-4-2-1-3-5-16)17(14-18)15-22-23(29)28(25(31)34-22)12-13-32-20-9-7-19(27)8-10-20/h1-11,14-15H,12-13H2/b22-15-. The minimum absolute atomic E-state index is 0.0962. The highest BCUT2D eigenvalue weighted by Gasteiger charge is 2.35. The molecule has 6 nitrogen and oxygen atoms in total. The van der Waals surface area contributed by atoms with Gasteiger partial charge in [-0.05, 0) is 72.4 Å². The largest absolute Gasteiger partial charge is 0.492 e. The van der Waals surface area contributed by atoms with Gasteiger partial charge >= 0.3 is 5.97 Å². The first-order valence-corrected chi connectivity index (χ1v) is 12.1. The molecule has 0 aliphatic carbocycles. The number of thioether (sulfide) groups is 1. The van der Waals surface area contributed by atoms with Gasteiger partial charge in [0.05, 0.1) is 17.0 Å². The number of esters is 1. The molecule has 172 valence electrons. The molecule has 0 spiro atoms. The Kier molecular flexibility index (Phi) is 7.72. The maximum Gasteiger partial charge on any atom is 0.343 e. The number of hydrogen-bond donors (Lipinski definition) is 0. The number of carbonyl (C=O) groups is 3. The van der Waals surface area contributed by atoms with E-state index in [1.807, 2.05) is 0 Å². The highest BCUT2D eigenvalue weighted by atomic mass is 79.9. The summed E-state index contributed by atoms with van der Waals surface area (Å²) in [6.45, 7) is 0.239. The van der Waals surface area contributed by atoms with Crippen LogP contribution in [0.15, 0.2) is 82.2 Å². The summed E-state index contributed by atoms with van der Waals surface area (Å²) in [7, 11) is 0. The summed E-state index contributed by atoms with van der Waals surface area (Å²) in [6, 6.07) is 20.5. The first-order valence-electron chi connectivity index (χ1n) is 10.1. The van der Waals surface area contributed by atoms with Crippen LogP contribution in [0.1, 0.15) is 15.9 Å². The summed E-state index contributed by atoms with van der Waals surface area (Å²) in [5, 5.41) is 0.193. The van der Waals surface area contributed by atoms with Crippen molar-refractivity contribution < 1.29 is 23.9 Å². The van der Waals surface area contributed by atoms with Gasteiger partial charge < -0.3 is 9.47 Å². The number of rotatable bonds is 7. The maximum absolute atomic E-state index is 12.9. The highest BCUT2D eigenvalue weighted by Crippen LogP contribution is 2.35. The van der Waals surface area contributed by atoms with Crippen LogP contribution in [0.2, 0.25) is 5.02 Å². The van der Waals surface area contributed by atoms with E-state index in [1.54, 1.807) is 78.9 Å². The second kappa shape index (κ2) is 10.9. The molecule has 1 fully saturated rings. The molecule has 1 aliphatic heterocycles. The lowest BCUT2D eigenvalue weighted by Crippen LogP contribution is -2.32. The quantitative estimate of drug-likeness (QED) is 0.189. The Morgan fingerprint density at radius 1 is 1.03 bits per heavy atom. The molecule has 1 saturated heterocycles. The van der Waals surface area contributed by atoms with E-state index in [0.29, 0.717) is 21.9 Å². The zero-order chi connectivity index (χ0) is 24.1. The fraction of sp³-hybridized carbons (Fsp3) is 0.0800. The van der Waals surface area contributed by atoms with Gasteiger partial charge in [0, 0.05) is 15.1 Å². The summed E-state index contributed by atoms with van der Waals surface area (Å²) in [5.41, 5.74) is 0.888. The molecular weight excluding hydrogens is 542 g/mol. The van der Waals surface area contributed by atoms with Crippen molar-refractivity contribution in [1.82, 2.24) is 4.90 Å². The molecule has 34 heavy (non-hydrogen) atoms. The molecular formula is C25H17BrClNO5S. The lowest BCUT2D eigenvalue weighted by Gasteiger charge is -2.13. The lowest BCUT2D eigenvalue weighted by molar-refractivity contribution is -0.123. The minimum atomic E-state index is -0.523. The fourth-order valence-corrected chi connectivity index (χ4v) is 4.44. The minimum Gasteiger partial charge on any atom is -0.492 e. The first-order chi connectivity index (χ1) is 16.4. The number of carbonyl (C=O) groups excluding carboxylic acids is 3. The molecule has 3 aromatic rings. The van der Waals surface area contributed by atoms with Gasteiger partial charge in [-0.3, -0.25) is 14.5 Å². The summed E-state index contributed by atoms with van der Waals surface area (Å²) in [4.78, 5) is 39.2. The van der Waals surface area contributed by atoms with Crippen molar-refractivity contribution in [2.75, 3.05) is 13.2 Å². The fourth-order valence-electron chi connectivity index (χ4n) is 3.08. The van der Waals surface area contributed by atoms with Crippen LogP contribution in [0.5, 0.6) is 11.5 Å². The molecule has 0 N–H and O–H groups in total. The van der Waals surface area contributed by atoms with E-state index in [9.17, 15) is 14.4 Å². The number of benzene rings is 3. The van der Waals surface area contributed by atoms with Crippen LogP contribution in [0.25, 0.3) is 6.08 Å². The Bertz CT molecular complexity index is 1260. The predicted octanol–water partition coefficient (Wildman–Crippen LogP) is 6.44. The van der Waals surface area contributed by atoms with Crippen molar-refractivity contribution in [1.29, 1.82) is 0 Å². The smallest absolute Gasteiger partial charge is 0.343 e. The zero-order valence-corrected chi connectivity index (χ0v) is 20.7. The first kappa shape index (κ1) is 24.1. The third kappa shape index (κ3) is 5.88. The zero-order valence-electron chi connectivity index (χ0n) is 17.6. The molecule has 0 bridgehead atoms. The summed E-state index contributed by atoms with van der Waals surface area (Å²) in [6.07, 6.45) is 1.54. The second-order valence-corrected chi connectivity index (χ2v) is 9.42. The molecule has 3 aromatic carbocycles. The van der Waals surface area contributed by atoms with Gasteiger partial charge in [0.2, 0.25) is 0 Å². The van der Waals surface area contributed by atoms with E-state index >= 15 is 0 Å². The van der Waals surface area contributed by atoms with E-state index < -0.39 is 17.1 Å². The van der Waals surface area contributed by atoms with Crippen molar-refractivity contribution in [3.8, 4) is 11.5 Å². The molecule has 2 amide bonds. The predicted molar refractivity (Wildman–Crippen MR) is 135 cm³/mol. The molecule has 4 rings (SSSR count). The van der Waals surface area contributed by atoms with E-state index in [-0.39, 0.29) is 23.8 Å².